The number of nitrogens with one attached hydrogen (secondary N) is 1. The molecule has 0 aliphatic heterocycles. The van der Waals surface area contributed by atoms with Gasteiger partial charge in [0.15, 0.2) is 5.58 Å². The number of hydrogen-bond donors (Lipinski definition) is 1. The van der Waals surface area contributed by atoms with E-state index < -0.39 is 0 Å². The molecule has 0 aliphatic carbocycles. The van der Waals surface area contributed by atoms with E-state index in [1.54, 1.807) is 0 Å². The molecule has 3 heteroatoms. The molecule has 2 aromatic carbocycles. The highest BCUT2D eigenvalue weighted by Crippen LogP contribution is 2.24. The van der Waals surface area contributed by atoms with Gasteiger partial charge >= 0.3 is 0 Å². The van der Waals surface area contributed by atoms with Crippen LogP contribution in [0.4, 0.5) is 5.69 Å². The number of aromatic nitrogens is 1. The molecule has 3 nitrogen and oxygen atoms in total. The summed E-state index contributed by atoms with van der Waals surface area (Å²) in [6.45, 7) is 6.29. The molecule has 0 aliphatic rings. The minimum Gasteiger partial charge on any atom is -0.438 e. The number of rotatable bonds is 3. The van der Waals surface area contributed by atoms with Gasteiger partial charge in [0, 0.05) is 5.69 Å². The minimum absolute atomic E-state index is 0.0320. The van der Waals surface area contributed by atoms with Crippen LogP contribution in [-0.2, 0) is 0 Å². The molecule has 0 radical (unpaired) electrons. The van der Waals surface area contributed by atoms with Crippen LogP contribution in [0.5, 0.6) is 0 Å². The Morgan fingerprint density at radius 3 is 2.60 bits per heavy atom. The van der Waals surface area contributed by atoms with Crippen molar-refractivity contribution in [3.8, 4) is 0 Å². The van der Waals surface area contributed by atoms with Crippen molar-refractivity contribution in [3.63, 3.8) is 0 Å². The van der Waals surface area contributed by atoms with Gasteiger partial charge in [-0.25, -0.2) is 4.98 Å². The number of aryl methyl sites for hydroxylation is 2. The molecule has 102 valence electrons. The number of hydrogen-bond acceptors (Lipinski definition) is 3. The van der Waals surface area contributed by atoms with Crippen LogP contribution in [0.15, 0.2) is 46.9 Å². The predicted octanol–water partition coefficient (Wildman–Crippen LogP) is 4.62. The lowest BCUT2D eigenvalue weighted by atomic mass is 10.1. The first-order valence-corrected chi connectivity index (χ1v) is 6.83. The smallest absolute Gasteiger partial charge is 0.217 e. The Hall–Kier alpha value is -2.29. The van der Waals surface area contributed by atoms with Gasteiger partial charge in [-0.3, -0.25) is 0 Å². The number of oxazole rings is 1. The standard InChI is InChI=1S/C17H18N2O/c1-11-8-9-14(10-12(11)2)18-13(3)17-19-15-6-4-5-7-16(15)20-17/h4-10,13,18H,1-3H3. The number of fused-ring (bicyclic) bond motifs is 1. The normalized spacial score (nSPS) is 12.6. The molecule has 0 amide bonds. The van der Waals surface area contributed by atoms with Crippen molar-refractivity contribution in [2.45, 2.75) is 26.8 Å². The van der Waals surface area contributed by atoms with Crippen LogP contribution in [0.1, 0.15) is 30.0 Å². The maximum absolute atomic E-state index is 5.78. The number of benzene rings is 2. The van der Waals surface area contributed by atoms with Crippen molar-refractivity contribution < 1.29 is 4.42 Å². The first kappa shape index (κ1) is 12.7. The van der Waals surface area contributed by atoms with E-state index in [4.69, 9.17) is 4.42 Å². The minimum atomic E-state index is 0.0320. The summed E-state index contributed by atoms with van der Waals surface area (Å²) in [6.07, 6.45) is 0. The maximum Gasteiger partial charge on any atom is 0.217 e. The van der Waals surface area contributed by atoms with E-state index >= 15 is 0 Å². The van der Waals surface area contributed by atoms with Crippen LogP contribution in [0.2, 0.25) is 0 Å². The van der Waals surface area contributed by atoms with Crippen molar-refractivity contribution in [1.82, 2.24) is 4.98 Å². The third kappa shape index (κ3) is 2.39. The number of anilines is 1. The fourth-order valence-corrected chi connectivity index (χ4v) is 2.22. The summed E-state index contributed by atoms with van der Waals surface area (Å²) in [5, 5.41) is 3.43. The average molecular weight is 266 g/mol. The zero-order valence-corrected chi connectivity index (χ0v) is 12.0. The maximum atomic E-state index is 5.78. The molecule has 1 N–H and O–H groups in total. The second kappa shape index (κ2) is 5.00. The van der Waals surface area contributed by atoms with Crippen LogP contribution >= 0.6 is 0 Å². The molecule has 20 heavy (non-hydrogen) atoms. The van der Waals surface area contributed by atoms with Crippen molar-refractivity contribution >= 4 is 16.8 Å². The molecule has 0 saturated carbocycles. The van der Waals surface area contributed by atoms with E-state index in [2.05, 4.69) is 49.3 Å². The van der Waals surface area contributed by atoms with E-state index in [0.29, 0.717) is 5.89 Å². The van der Waals surface area contributed by atoms with Crippen LogP contribution < -0.4 is 5.32 Å². The Labute approximate surface area is 118 Å². The van der Waals surface area contributed by atoms with E-state index in [0.717, 1.165) is 16.8 Å². The molecule has 1 aromatic heterocycles. The van der Waals surface area contributed by atoms with Crippen LogP contribution in [0, 0.1) is 13.8 Å². The average Bonchev–Trinajstić information content (AvgIpc) is 2.87. The molecule has 1 heterocycles. The third-order valence-electron chi connectivity index (χ3n) is 3.57. The zero-order valence-electron chi connectivity index (χ0n) is 12.0. The second-order valence-electron chi connectivity index (χ2n) is 5.18. The summed E-state index contributed by atoms with van der Waals surface area (Å²) in [5.41, 5.74) is 5.39. The Balaban J connectivity index is 1.84. The van der Waals surface area contributed by atoms with E-state index in [1.165, 1.54) is 11.1 Å². The Kier molecular flexibility index (Phi) is 3.18. The molecule has 1 unspecified atom stereocenters. The first-order chi connectivity index (χ1) is 9.63. The molecular weight excluding hydrogens is 248 g/mol. The fourth-order valence-electron chi connectivity index (χ4n) is 2.22. The summed E-state index contributed by atoms with van der Waals surface area (Å²) in [4.78, 5) is 4.52. The summed E-state index contributed by atoms with van der Waals surface area (Å²) in [6, 6.07) is 14.2. The van der Waals surface area contributed by atoms with Crippen LogP contribution in [-0.4, -0.2) is 4.98 Å². The fraction of sp³-hybridized carbons (Fsp3) is 0.235. The van der Waals surface area contributed by atoms with Gasteiger partial charge in [0.2, 0.25) is 5.89 Å². The van der Waals surface area contributed by atoms with Gasteiger partial charge in [0.1, 0.15) is 11.6 Å². The van der Waals surface area contributed by atoms with Crippen LogP contribution in [0.3, 0.4) is 0 Å². The van der Waals surface area contributed by atoms with Crippen molar-refractivity contribution in [2.24, 2.45) is 0 Å². The van der Waals surface area contributed by atoms with Gasteiger partial charge < -0.3 is 9.73 Å². The lowest BCUT2D eigenvalue weighted by Gasteiger charge is -2.13. The van der Waals surface area contributed by atoms with E-state index in [9.17, 15) is 0 Å². The van der Waals surface area contributed by atoms with Gasteiger partial charge in [0.25, 0.3) is 0 Å². The lowest BCUT2D eigenvalue weighted by molar-refractivity contribution is 0.506. The Morgan fingerprint density at radius 1 is 1.05 bits per heavy atom. The molecular formula is C17H18N2O. The Bertz CT molecular complexity index is 713. The van der Waals surface area contributed by atoms with Gasteiger partial charge in [-0.15, -0.1) is 0 Å². The topological polar surface area (TPSA) is 38.1 Å². The van der Waals surface area contributed by atoms with Gasteiger partial charge in [-0.2, -0.15) is 0 Å². The van der Waals surface area contributed by atoms with Gasteiger partial charge in [0.05, 0.1) is 0 Å². The summed E-state index contributed by atoms with van der Waals surface area (Å²) < 4.78 is 5.78. The second-order valence-corrected chi connectivity index (χ2v) is 5.18. The van der Waals surface area contributed by atoms with Crippen molar-refractivity contribution in [1.29, 1.82) is 0 Å². The van der Waals surface area contributed by atoms with Gasteiger partial charge in [-0.1, -0.05) is 18.2 Å². The van der Waals surface area contributed by atoms with Crippen molar-refractivity contribution in [2.75, 3.05) is 5.32 Å². The predicted molar refractivity (Wildman–Crippen MR) is 82.0 cm³/mol. The third-order valence-corrected chi connectivity index (χ3v) is 3.57. The van der Waals surface area contributed by atoms with E-state index in [1.807, 2.05) is 24.3 Å². The first-order valence-electron chi connectivity index (χ1n) is 6.83. The zero-order chi connectivity index (χ0) is 14.1. The van der Waals surface area contributed by atoms with Crippen LogP contribution in [0.25, 0.3) is 11.1 Å². The van der Waals surface area contributed by atoms with E-state index in [-0.39, 0.29) is 6.04 Å². The molecule has 0 spiro atoms. The highest BCUT2D eigenvalue weighted by molar-refractivity contribution is 5.72. The Morgan fingerprint density at radius 2 is 1.85 bits per heavy atom. The molecule has 0 bridgehead atoms. The lowest BCUT2D eigenvalue weighted by Crippen LogP contribution is -2.07. The summed E-state index contributed by atoms with van der Waals surface area (Å²) in [7, 11) is 0. The molecule has 0 fully saturated rings. The molecule has 3 rings (SSSR count). The largest absolute Gasteiger partial charge is 0.438 e. The summed E-state index contributed by atoms with van der Waals surface area (Å²) >= 11 is 0. The molecule has 3 aromatic rings. The number of nitrogens with zero attached hydrogens (tertiary/aromatic N) is 1. The highest BCUT2D eigenvalue weighted by Gasteiger charge is 2.13. The molecule has 0 saturated heterocycles. The summed E-state index contributed by atoms with van der Waals surface area (Å²) in [5.74, 6) is 0.712. The SMILES string of the molecule is Cc1ccc(NC(C)c2nc3ccccc3o2)cc1C. The number of para-hydroxylation sites is 2. The van der Waals surface area contributed by atoms with Crippen molar-refractivity contribution in [3.05, 3.63) is 59.5 Å². The monoisotopic (exact) mass is 266 g/mol. The highest BCUT2D eigenvalue weighted by atomic mass is 16.3. The van der Waals surface area contributed by atoms with Gasteiger partial charge in [-0.05, 0) is 56.2 Å². The quantitative estimate of drug-likeness (QED) is 0.751. The molecule has 1 atom stereocenters.